The molecule has 1 N–H and O–H groups in total. The Morgan fingerprint density at radius 3 is 2.86 bits per heavy atom. The minimum absolute atomic E-state index is 0.112. The zero-order valence-corrected chi connectivity index (χ0v) is 7.76. The standard InChI is InChI=1S/C9H13F2NO2/c10-9(11)6-14-4-3-12-7-1-2-8(13)5-7/h5,9,12H,1-4,6H2. The summed E-state index contributed by atoms with van der Waals surface area (Å²) in [6.07, 6.45) is 0.392. The van der Waals surface area contributed by atoms with Crippen LogP contribution >= 0.6 is 0 Å². The molecule has 5 heteroatoms. The van der Waals surface area contributed by atoms with Gasteiger partial charge in [-0.1, -0.05) is 0 Å². The summed E-state index contributed by atoms with van der Waals surface area (Å²) >= 11 is 0. The molecule has 0 radical (unpaired) electrons. The van der Waals surface area contributed by atoms with Crippen molar-refractivity contribution < 1.29 is 18.3 Å². The number of nitrogens with one attached hydrogen (secondary N) is 1. The molecule has 3 nitrogen and oxygen atoms in total. The highest BCUT2D eigenvalue weighted by Gasteiger charge is 2.10. The number of rotatable bonds is 6. The van der Waals surface area contributed by atoms with Crippen molar-refractivity contribution in [1.82, 2.24) is 5.32 Å². The third kappa shape index (κ3) is 4.32. The van der Waals surface area contributed by atoms with Crippen LogP contribution in [0.2, 0.25) is 0 Å². The number of carbonyl (C=O) groups excluding carboxylic acids is 1. The molecule has 1 rings (SSSR count). The second-order valence-electron chi connectivity index (χ2n) is 3.03. The predicted octanol–water partition coefficient (Wildman–Crippen LogP) is 1.10. The van der Waals surface area contributed by atoms with Crippen molar-refractivity contribution in [2.75, 3.05) is 19.8 Å². The van der Waals surface area contributed by atoms with Crippen LogP contribution in [0.15, 0.2) is 11.8 Å². The van der Waals surface area contributed by atoms with Gasteiger partial charge in [-0.25, -0.2) is 8.78 Å². The van der Waals surface area contributed by atoms with Crippen LogP contribution < -0.4 is 5.32 Å². The summed E-state index contributed by atoms with van der Waals surface area (Å²) in [6, 6.07) is 0. The van der Waals surface area contributed by atoms with Gasteiger partial charge in [-0.2, -0.15) is 0 Å². The molecule has 80 valence electrons. The van der Waals surface area contributed by atoms with E-state index in [1.54, 1.807) is 6.08 Å². The van der Waals surface area contributed by atoms with Gasteiger partial charge in [-0.3, -0.25) is 4.79 Å². The first kappa shape index (κ1) is 11.1. The quantitative estimate of drug-likeness (QED) is 0.660. The first-order valence-electron chi connectivity index (χ1n) is 4.51. The van der Waals surface area contributed by atoms with Crippen molar-refractivity contribution in [3.8, 4) is 0 Å². The largest absolute Gasteiger partial charge is 0.386 e. The van der Waals surface area contributed by atoms with Crippen molar-refractivity contribution in [3.63, 3.8) is 0 Å². The van der Waals surface area contributed by atoms with Crippen molar-refractivity contribution in [1.29, 1.82) is 0 Å². The minimum atomic E-state index is -2.41. The van der Waals surface area contributed by atoms with E-state index >= 15 is 0 Å². The molecule has 0 aromatic carbocycles. The monoisotopic (exact) mass is 205 g/mol. The van der Waals surface area contributed by atoms with Crippen LogP contribution in [0.4, 0.5) is 8.78 Å². The molecule has 14 heavy (non-hydrogen) atoms. The molecule has 1 aliphatic carbocycles. The van der Waals surface area contributed by atoms with E-state index in [0.29, 0.717) is 19.4 Å². The van der Waals surface area contributed by atoms with Gasteiger partial charge in [-0.15, -0.1) is 0 Å². The molecule has 1 aliphatic rings. The van der Waals surface area contributed by atoms with Crippen molar-refractivity contribution in [2.24, 2.45) is 0 Å². The first-order valence-corrected chi connectivity index (χ1v) is 4.51. The van der Waals surface area contributed by atoms with Gasteiger partial charge in [0.1, 0.15) is 6.61 Å². The highest BCUT2D eigenvalue weighted by molar-refractivity contribution is 5.92. The summed E-state index contributed by atoms with van der Waals surface area (Å²) in [5.41, 5.74) is 0.871. The van der Waals surface area contributed by atoms with Gasteiger partial charge in [0.25, 0.3) is 6.43 Å². The van der Waals surface area contributed by atoms with Gasteiger partial charge in [0, 0.05) is 24.7 Å². The average molecular weight is 205 g/mol. The zero-order chi connectivity index (χ0) is 10.4. The van der Waals surface area contributed by atoms with E-state index in [2.05, 4.69) is 10.1 Å². The summed E-state index contributed by atoms with van der Waals surface area (Å²) in [7, 11) is 0. The average Bonchev–Trinajstić information content (AvgIpc) is 2.50. The van der Waals surface area contributed by atoms with Crippen LogP contribution in [0.5, 0.6) is 0 Å². The fraction of sp³-hybridized carbons (Fsp3) is 0.667. The van der Waals surface area contributed by atoms with E-state index in [1.807, 2.05) is 0 Å². The Morgan fingerprint density at radius 1 is 1.50 bits per heavy atom. The maximum Gasteiger partial charge on any atom is 0.261 e. The smallest absolute Gasteiger partial charge is 0.261 e. The number of ketones is 1. The lowest BCUT2D eigenvalue weighted by Crippen LogP contribution is -2.19. The first-order chi connectivity index (χ1) is 6.68. The molecular weight excluding hydrogens is 192 g/mol. The van der Waals surface area contributed by atoms with Gasteiger partial charge in [-0.05, 0) is 6.42 Å². The van der Waals surface area contributed by atoms with Crippen LogP contribution in [0.25, 0.3) is 0 Å². The number of halogens is 2. The van der Waals surface area contributed by atoms with E-state index in [1.165, 1.54) is 0 Å². The normalized spacial score (nSPS) is 16.2. The van der Waals surface area contributed by atoms with Crippen LogP contribution in [0.1, 0.15) is 12.8 Å². The molecule has 0 amide bonds. The van der Waals surface area contributed by atoms with Crippen LogP contribution in [0.3, 0.4) is 0 Å². The summed E-state index contributed by atoms with van der Waals surface area (Å²) in [5, 5.41) is 2.96. The Labute approximate surface area is 81.1 Å². The van der Waals surface area contributed by atoms with Crippen LogP contribution in [-0.4, -0.2) is 32.0 Å². The Kier molecular flexibility index (Phi) is 4.52. The van der Waals surface area contributed by atoms with E-state index in [0.717, 1.165) is 5.70 Å². The molecule has 0 aromatic heterocycles. The van der Waals surface area contributed by atoms with Gasteiger partial charge < -0.3 is 10.1 Å². The fourth-order valence-corrected chi connectivity index (χ4v) is 1.19. The molecule has 0 unspecified atom stereocenters. The topological polar surface area (TPSA) is 38.3 Å². The second-order valence-corrected chi connectivity index (χ2v) is 3.03. The maximum absolute atomic E-state index is 11.6. The van der Waals surface area contributed by atoms with Gasteiger partial charge >= 0.3 is 0 Å². The Bertz CT molecular complexity index is 229. The van der Waals surface area contributed by atoms with E-state index < -0.39 is 13.0 Å². The molecule has 0 fully saturated rings. The van der Waals surface area contributed by atoms with Gasteiger partial charge in [0.2, 0.25) is 0 Å². The molecule has 0 saturated carbocycles. The lowest BCUT2D eigenvalue weighted by atomic mass is 10.3. The number of allylic oxidation sites excluding steroid dienone is 2. The van der Waals surface area contributed by atoms with E-state index in [-0.39, 0.29) is 12.4 Å². The molecule has 0 bridgehead atoms. The number of hydrogen-bond donors (Lipinski definition) is 1. The predicted molar refractivity (Wildman–Crippen MR) is 47.1 cm³/mol. The fourth-order valence-electron chi connectivity index (χ4n) is 1.19. The number of hydrogen-bond acceptors (Lipinski definition) is 3. The van der Waals surface area contributed by atoms with Crippen molar-refractivity contribution >= 4 is 5.78 Å². The number of ether oxygens (including phenoxy) is 1. The van der Waals surface area contributed by atoms with Crippen LogP contribution in [0, 0.1) is 0 Å². The third-order valence-electron chi connectivity index (χ3n) is 1.82. The Hall–Kier alpha value is -0.970. The minimum Gasteiger partial charge on any atom is -0.386 e. The summed E-state index contributed by atoms with van der Waals surface area (Å²) in [6.45, 7) is 0.168. The highest BCUT2D eigenvalue weighted by Crippen LogP contribution is 2.10. The van der Waals surface area contributed by atoms with Crippen molar-refractivity contribution in [2.45, 2.75) is 19.3 Å². The maximum atomic E-state index is 11.6. The molecule has 0 spiro atoms. The van der Waals surface area contributed by atoms with Crippen LogP contribution in [-0.2, 0) is 9.53 Å². The molecule has 0 saturated heterocycles. The summed E-state index contributed by atoms with van der Waals surface area (Å²) in [5.74, 6) is 0.112. The van der Waals surface area contributed by atoms with E-state index in [4.69, 9.17) is 0 Å². The molecule has 0 atom stereocenters. The third-order valence-corrected chi connectivity index (χ3v) is 1.82. The molecular formula is C9H13F2NO2. The van der Waals surface area contributed by atoms with Gasteiger partial charge in [0.05, 0.1) is 6.61 Å². The lowest BCUT2D eigenvalue weighted by Gasteiger charge is -2.06. The Morgan fingerprint density at radius 2 is 2.29 bits per heavy atom. The summed E-state index contributed by atoms with van der Waals surface area (Å²) < 4.78 is 27.9. The lowest BCUT2D eigenvalue weighted by molar-refractivity contribution is -0.114. The molecule has 0 aromatic rings. The summed E-state index contributed by atoms with van der Waals surface area (Å²) in [4.78, 5) is 10.8. The highest BCUT2D eigenvalue weighted by atomic mass is 19.3. The zero-order valence-electron chi connectivity index (χ0n) is 7.76. The number of carbonyl (C=O) groups is 1. The van der Waals surface area contributed by atoms with Crippen molar-refractivity contribution in [3.05, 3.63) is 11.8 Å². The van der Waals surface area contributed by atoms with E-state index in [9.17, 15) is 13.6 Å². The molecule has 0 heterocycles. The Balaban J connectivity index is 1.99. The van der Waals surface area contributed by atoms with Gasteiger partial charge in [0.15, 0.2) is 5.78 Å². The molecule has 0 aliphatic heterocycles. The second kappa shape index (κ2) is 5.70. The SMILES string of the molecule is O=C1C=C(NCCOCC(F)F)CC1. The number of alkyl halides is 2.